The van der Waals surface area contributed by atoms with Crippen LogP contribution in [0.5, 0.6) is 0 Å². The molecule has 10 nitrogen and oxygen atoms in total. The van der Waals surface area contributed by atoms with E-state index in [4.69, 9.17) is 37.3 Å². The standard InChI is InChI=1S/2C48H100N.2ClHO4/c2*1-5-9-13-17-21-25-29-33-37-41-45-49(46-42-38-34-30-26-22-18-14-10-6-2,47-43-39-35-31-27-23-19-15-11-7-3)48-44-40-36-32-28-24-20-16-12-8-4;2*2-1(3,4)5/h2*5-48H2,1-4H3;2*(H,2,3,4,5)/q2*+1;;/p-2. The number of quaternary nitrogens is 2. The van der Waals surface area contributed by atoms with Gasteiger partial charge in [0.25, 0.3) is 0 Å². The lowest BCUT2D eigenvalue weighted by molar-refractivity contribution is -2.00. The maximum atomic E-state index is 8.49. The van der Waals surface area contributed by atoms with Gasteiger partial charge >= 0.3 is 0 Å². The van der Waals surface area contributed by atoms with Gasteiger partial charge in [0, 0.05) is 0 Å². The molecule has 0 spiro atoms. The third-order valence-electron chi connectivity index (χ3n) is 23.9. The van der Waals surface area contributed by atoms with E-state index in [1.807, 2.05) is 0 Å². The van der Waals surface area contributed by atoms with Crippen molar-refractivity contribution in [2.45, 2.75) is 569 Å². The normalized spacial score (nSPS) is 12.0. The van der Waals surface area contributed by atoms with E-state index in [2.05, 4.69) is 55.4 Å². The largest absolute Gasteiger partial charge is 0.324 e. The van der Waals surface area contributed by atoms with Gasteiger partial charge in [-0.05, 0) is 103 Å². The molecule has 0 atom stereocenters. The SMILES string of the molecule is CCCCCCCCCCCC[N+](CCCCCCCCCCCC)(CCCCCCCCCCCC)CCCCCCCCCCCC.CCCCCCCCCCCC[N+](CCCCCCCCCCCC)(CCCCCCCCCCCC)CCCCCCCCCCCC.[O-][Cl+3]([O-])([O-])[O-].[O-][Cl+3]([O-])([O-])[O-]. The fourth-order valence-corrected chi connectivity index (χ4v) is 16.8. The molecule has 0 aliphatic heterocycles. The van der Waals surface area contributed by atoms with Crippen molar-refractivity contribution in [2.24, 2.45) is 0 Å². The van der Waals surface area contributed by atoms with Gasteiger partial charge in [-0.25, -0.2) is 37.3 Å². The Labute approximate surface area is 684 Å². The molecule has 656 valence electrons. The summed E-state index contributed by atoms with van der Waals surface area (Å²) < 4.78 is 70.9. The first kappa shape index (κ1) is 115. The summed E-state index contributed by atoms with van der Waals surface area (Å²) in [6.07, 6.45) is 117. The van der Waals surface area contributed by atoms with Crippen molar-refractivity contribution in [1.29, 1.82) is 0 Å². The molecule has 0 N–H and O–H groups in total. The molecule has 0 radical (unpaired) electrons. The minimum absolute atomic E-state index is 1.37. The van der Waals surface area contributed by atoms with Crippen LogP contribution in [0.1, 0.15) is 569 Å². The number of rotatable bonds is 88. The molecule has 0 amide bonds. The summed E-state index contributed by atoms with van der Waals surface area (Å²) in [5, 5.41) is 0. The Morgan fingerprint density at radius 3 is 0.231 bits per heavy atom. The zero-order chi connectivity index (χ0) is 80.2. The van der Waals surface area contributed by atoms with Crippen LogP contribution in [-0.2, 0) is 0 Å². The molecule has 0 aromatic rings. The number of hydrogen-bond acceptors (Lipinski definition) is 8. The second-order valence-electron chi connectivity index (χ2n) is 34.7. The van der Waals surface area contributed by atoms with Crippen molar-refractivity contribution in [2.75, 3.05) is 52.4 Å². The van der Waals surface area contributed by atoms with Crippen molar-refractivity contribution in [3.05, 3.63) is 0 Å². The van der Waals surface area contributed by atoms with E-state index >= 15 is 0 Å². The highest BCUT2D eigenvalue weighted by molar-refractivity contribution is 4.60. The highest BCUT2D eigenvalue weighted by atomic mass is 35.7. The lowest BCUT2D eigenvalue weighted by Gasteiger charge is -2.40. The van der Waals surface area contributed by atoms with Crippen LogP contribution in [0.2, 0.25) is 0 Å². The van der Waals surface area contributed by atoms with Crippen LogP contribution in [0.4, 0.5) is 0 Å². The molecular formula is C96H200Cl2N2O8. The van der Waals surface area contributed by atoms with E-state index in [1.165, 1.54) is 575 Å². The van der Waals surface area contributed by atoms with Crippen LogP contribution in [0.3, 0.4) is 0 Å². The molecule has 0 saturated heterocycles. The van der Waals surface area contributed by atoms with E-state index in [-0.39, 0.29) is 0 Å². The first-order valence-electron chi connectivity index (χ1n) is 49.4. The monoisotopic (exact) mass is 1580 g/mol. The van der Waals surface area contributed by atoms with Gasteiger partial charge in [0.05, 0.1) is 52.4 Å². The van der Waals surface area contributed by atoms with Crippen LogP contribution < -0.4 is 37.3 Å². The molecular weight excluding hydrogens is 1380 g/mol. The van der Waals surface area contributed by atoms with E-state index in [0.29, 0.717) is 0 Å². The van der Waals surface area contributed by atoms with Gasteiger partial charge in [0.1, 0.15) is 0 Å². The topological polar surface area (TPSA) is 184 Å². The van der Waals surface area contributed by atoms with Gasteiger partial charge in [0.15, 0.2) is 0 Å². The number of halogens is 2. The van der Waals surface area contributed by atoms with Crippen LogP contribution in [-0.4, -0.2) is 61.3 Å². The van der Waals surface area contributed by atoms with Gasteiger partial charge in [0.2, 0.25) is 0 Å². The third-order valence-corrected chi connectivity index (χ3v) is 23.9. The van der Waals surface area contributed by atoms with Crippen molar-refractivity contribution in [3.8, 4) is 0 Å². The van der Waals surface area contributed by atoms with Gasteiger partial charge in [-0.3, -0.25) is 0 Å². The smallest absolute Gasteiger partial charge is 0.0786 e. The number of hydrogen-bond donors (Lipinski definition) is 0. The van der Waals surface area contributed by atoms with Crippen molar-refractivity contribution >= 4 is 0 Å². The van der Waals surface area contributed by atoms with E-state index in [0.717, 1.165) is 0 Å². The Morgan fingerprint density at radius 1 is 0.111 bits per heavy atom. The van der Waals surface area contributed by atoms with E-state index in [1.54, 1.807) is 0 Å². The third kappa shape index (κ3) is 108. The maximum Gasteiger partial charge on any atom is 0.0786 e. The molecule has 0 rings (SSSR count). The minimum atomic E-state index is -4.94. The van der Waals surface area contributed by atoms with Gasteiger partial charge < -0.3 is 8.97 Å². The second kappa shape index (κ2) is 96.0. The summed E-state index contributed by atoms with van der Waals surface area (Å²) in [5.74, 6) is 0. The fraction of sp³-hybridized carbons (Fsp3) is 1.00. The highest BCUT2D eigenvalue weighted by Crippen LogP contribution is 2.25. The van der Waals surface area contributed by atoms with Gasteiger partial charge in [-0.15, -0.1) is 20.5 Å². The Bertz CT molecular complexity index is 1240. The molecule has 0 heterocycles. The summed E-state index contributed by atoms with van der Waals surface area (Å²) in [5.41, 5.74) is 0. The molecule has 108 heavy (non-hydrogen) atoms. The lowest BCUT2D eigenvalue weighted by atomic mass is 10.0. The van der Waals surface area contributed by atoms with E-state index in [9.17, 15) is 0 Å². The Hall–Kier alpha value is 0.180. The van der Waals surface area contributed by atoms with Gasteiger partial charge in [-0.1, -0.05) is 466 Å². The van der Waals surface area contributed by atoms with Crippen LogP contribution >= 0.6 is 0 Å². The molecule has 0 saturated carbocycles. The predicted molar refractivity (Wildman–Crippen MR) is 454 cm³/mol. The molecule has 0 bridgehead atoms. The second-order valence-corrected chi connectivity index (χ2v) is 36.2. The average Bonchev–Trinajstić information content (AvgIpc) is 0.877. The molecule has 0 aliphatic carbocycles. The summed E-state index contributed by atoms with van der Waals surface area (Å²) >= 11 is 0. The summed E-state index contributed by atoms with van der Waals surface area (Å²) in [6, 6.07) is 0. The van der Waals surface area contributed by atoms with E-state index < -0.39 is 20.5 Å². The summed E-state index contributed by atoms with van der Waals surface area (Å²) in [7, 11) is -9.89. The molecule has 12 heteroatoms. The summed E-state index contributed by atoms with van der Waals surface area (Å²) in [4.78, 5) is 0. The highest BCUT2D eigenvalue weighted by Gasteiger charge is 2.27. The Morgan fingerprint density at radius 2 is 0.167 bits per heavy atom. The maximum absolute atomic E-state index is 8.49. The zero-order valence-corrected chi connectivity index (χ0v) is 76.7. The molecule has 0 aromatic heterocycles. The molecule has 0 aliphatic rings. The van der Waals surface area contributed by atoms with Crippen LogP contribution in [0, 0.1) is 20.5 Å². The Balaban J connectivity index is -0.000000886. The molecule has 0 fully saturated rings. The minimum Gasteiger partial charge on any atom is -0.324 e. The predicted octanol–water partition coefficient (Wildman–Crippen LogP) is 25.5. The fourth-order valence-electron chi connectivity index (χ4n) is 16.8. The summed E-state index contributed by atoms with van der Waals surface area (Å²) in [6.45, 7) is 30.6. The van der Waals surface area contributed by atoms with Crippen molar-refractivity contribution in [3.63, 3.8) is 0 Å². The molecule has 0 aromatic carbocycles. The van der Waals surface area contributed by atoms with Gasteiger partial charge in [-0.2, -0.15) is 0 Å². The first-order valence-corrected chi connectivity index (χ1v) is 51.9. The lowest BCUT2D eigenvalue weighted by Crippen LogP contribution is -2.68. The van der Waals surface area contributed by atoms with Crippen LogP contribution in [0.25, 0.3) is 0 Å². The first-order chi connectivity index (χ1) is 52.5. The average molecular weight is 1580 g/mol. The van der Waals surface area contributed by atoms with Crippen molar-refractivity contribution < 1.29 is 66.7 Å². The van der Waals surface area contributed by atoms with Crippen molar-refractivity contribution in [1.82, 2.24) is 0 Å². The molecule has 0 unspecified atom stereocenters. The quantitative estimate of drug-likeness (QED) is 0.0425. The number of unbranched alkanes of at least 4 members (excludes halogenated alkanes) is 72. The zero-order valence-electron chi connectivity index (χ0n) is 75.1. The number of nitrogens with zero attached hydrogens (tertiary/aromatic N) is 2. The Kier molecular flexibility index (Phi) is 102. The van der Waals surface area contributed by atoms with Crippen LogP contribution in [0.15, 0.2) is 0 Å².